The molecule has 0 radical (unpaired) electrons. The van der Waals surface area contributed by atoms with E-state index in [4.69, 9.17) is 10.2 Å². The lowest BCUT2D eigenvalue weighted by molar-refractivity contribution is 0.105. The van der Waals surface area contributed by atoms with Crippen molar-refractivity contribution in [1.29, 1.82) is 0 Å². The van der Waals surface area contributed by atoms with Crippen LogP contribution in [-0.4, -0.2) is 0 Å². The van der Waals surface area contributed by atoms with E-state index in [1.165, 1.54) is 31.4 Å². The fraction of sp³-hybridized carbons (Fsp3) is 0.529. The Hall–Kier alpha value is -1.35. The van der Waals surface area contributed by atoms with Crippen molar-refractivity contribution in [3.8, 4) is 0 Å². The minimum atomic E-state index is -0.239. The molecule has 2 atom stereocenters. The van der Waals surface area contributed by atoms with Gasteiger partial charge in [0.1, 0.15) is 17.2 Å². The minimum Gasteiger partial charge on any atom is -0.459 e. The van der Waals surface area contributed by atoms with Gasteiger partial charge in [0.15, 0.2) is 0 Å². The van der Waals surface area contributed by atoms with Crippen LogP contribution in [0.15, 0.2) is 28.7 Å². The van der Waals surface area contributed by atoms with Gasteiger partial charge in [-0.2, -0.15) is 0 Å². The Balaban J connectivity index is 1.93. The molecule has 2 nitrogen and oxygen atoms in total. The van der Waals surface area contributed by atoms with Crippen LogP contribution in [0.3, 0.4) is 0 Å². The number of rotatable bonds is 2. The predicted molar refractivity (Wildman–Crippen MR) is 78.8 cm³/mol. The van der Waals surface area contributed by atoms with Crippen LogP contribution >= 0.6 is 0 Å². The lowest BCUT2D eigenvalue weighted by Gasteiger charge is -2.41. The predicted octanol–water partition coefficient (Wildman–Crippen LogP) is 4.79. The summed E-state index contributed by atoms with van der Waals surface area (Å²) in [6.45, 7) is 4.58. The smallest absolute Gasteiger partial charge is 0.134 e. The lowest BCUT2D eigenvalue weighted by atomic mass is 9.65. The van der Waals surface area contributed by atoms with E-state index in [1.807, 2.05) is 6.07 Å². The van der Waals surface area contributed by atoms with Crippen molar-refractivity contribution in [2.45, 2.75) is 45.6 Å². The molecular formula is C17H22FNO. The second-order valence-electron chi connectivity index (χ2n) is 6.70. The second kappa shape index (κ2) is 4.88. The van der Waals surface area contributed by atoms with Crippen molar-refractivity contribution < 1.29 is 8.81 Å². The molecule has 0 amide bonds. The van der Waals surface area contributed by atoms with E-state index in [1.54, 1.807) is 6.07 Å². The third kappa shape index (κ3) is 2.35. The summed E-state index contributed by atoms with van der Waals surface area (Å²) in [5.41, 5.74) is 7.41. The van der Waals surface area contributed by atoms with Crippen LogP contribution in [0.5, 0.6) is 0 Å². The summed E-state index contributed by atoms with van der Waals surface area (Å²) in [6, 6.07) is 6.38. The first-order valence-electron chi connectivity index (χ1n) is 7.42. The third-order valence-corrected chi connectivity index (χ3v) is 4.85. The highest BCUT2D eigenvalue weighted by Crippen LogP contribution is 2.46. The van der Waals surface area contributed by atoms with E-state index < -0.39 is 0 Å². The van der Waals surface area contributed by atoms with E-state index in [0.717, 1.165) is 17.6 Å². The van der Waals surface area contributed by atoms with Gasteiger partial charge in [0.05, 0.1) is 6.04 Å². The highest BCUT2D eigenvalue weighted by molar-refractivity contribution is 5.78. The normalized spacial score (nSPS) is 23.9. The van der Waals surface area contributed by atoms with Crippen LogP contribution in [0.1, 0.15) is 51.3 Å². The maximum atomic E-state index is 13.3. The lowest BCUT2D eigenvalue weighted by Crippen LogP contribution is -2.36. The monoisotopic (exact) mass is 275 g/mol. The Labute approximate surface area is 119 Å². The van der Waals surface area contributed by atoms with Crippen molar-refractivity contribution in [3.05, 3.63) is 35.8 Å². The topological polar surface area (TPSA) is 39.2 Å². The first-order chi connectivity index (χ1) is 9.47. The Bertz CT molecular complexity index is 616. The van der Waals surface area contributed by atoms with Gasteiger partial charge in [-0.05, 0) is 48.4 Å². The minimum absolute atomic E-state index is 0.110. The van der Waals surface area contributed by atoms with Crippen LogP contribution in [-0.2, 0) is 0 Å². The second-order valence-corrected chi connectivity index (χ2v) is 6.70. The first-order valence-corrected chi connectivity index (χ1v) is 7.42. The summed E-state index contributed by atoms with van der Waals surface area (Å²) in [6.07, 6.45) is 4.86. The molecule has 3 heteroatoms. The molecule has 2 unspecified atom stereocenters. The zero-order valence-electron chi connectivity index (χ0n) is 12.2. The number of nitrogens with two attached hydrogens (primary N) is 1. The molecule has 108 valence electrons. The molecule has 1 aromatic carbocycles. The van der Waals surface area contributed by atoms with E-state index in [0.29, 0.717) is 11.5 Å². The number of hydrogen-bond donors (Lipinski definition) is 1. The third-order valence-electron chi connectivity index (χ3n) is 4.85. The van der Waals surface area contributed by atoms with Crippen LogP contribution < -0.4 is 5.73 Å². The zero-order chi connectivity index (χ0) is 14.3. The quantitative estimate of drug-likeness (QED) is 0.856. The maximum absolute atomic E-state index is 13.3. The number of fused-ring (bicyclic) bond motifs is 1. The fourth-order valence-electron chi connectivity index (χ4n) is 3.58. The summed E-state index contributed by atoms with van der Waals surface area (Å²) in [5, 5.41) is 0.795. The summed E-state index contributed by atoms with van der Waals surface area (Å²) in [5.74, 6) is 0.962. The molecule has 1 aliphatic carbocycles. The molecule has 0 aliphatic heterocycles. The van der Waals surface area contributed by atoms with Gasteiger partial charge < -0.3 is 10.2 Å². The van der Waals surface area contributed by atoms with E-state index in [9.17, 15) is 4.39 Å². The van der Waals surface area contributed by atoms with Gasteiger partial charge in [-0.25, -0.2) is 4.39 Å². The Morgan fingerprint density at radius 1 is 1.30 bits per heavy atom. The Kier molecular flexibility index (Phi) is 3.33. The molecule has 0 saturated heterocycles. The SMILES string of the molecule is CC1(C)CCCCC1C(N)c1cc2cc(F)ccc2o1. The number of benzene rings is 1. The van der Waals surface area contributed by atoms with E-state index >= 15 is 0 Å². The molecule has 1 heterocycles. The standard InChI is InChI=1S/C17H22FNO/c1-17(2)8-4-3-5-13(17)16(19)15-10-11-9-12(18)6-7-14(11)20-15/h6-7,9-10,13,16H,3-5,8,19H2,1-2H3. The highest BCUT2D eigenvalue weighted by atomic mass is 19.1. The van der Waals surface area contributed by atoms with Crippen LogP contribution in [0.25, 0.3) is 11.0 Å². The first kappa shape index (κ1) is 13.6. The molecule has 20 heavy (non-hydrogen) atoms. The largest absolute Gasteiger partial charge is 0.459 e. The fourth-order valence-corrected chi connectivity index (χ4v) is 3.58. The maximum Gasteiger partial charge on any atom is 0.134 e. The summed E-state index contributed by atoms with van der Waals surface area (Å²) < 4.78 is 19.1. The molecule has 2 aromatic rings. The van der Waals surface area contributed by atoms with Crippen molar-refractivity contribution >= 4 is 11.0 Å². The van der Waals surface area contributed by atoms with Gasteiger partial charge in [-0.3, -0.25) is 0 Å². The van der Waals surface area contributed by atoms with Crippen molar-refractivity contribution in [2.75, 3.05) is 0 Å². The van der Waals surface area contributed by atoms with E-state index in [2.05, 4.69) is 13.8 Å². The highest BCUT2D eigenvalue weighted by Gasteiger charge is 2.37. The van der Waals surface area contributed by atoms with Crippen LogP contribution in [0, 0.1) is 17.2 Å². The van der Waals surface area contributed by atoms with Crippen LogP contribution in [0.2, 0.25) is 0 Å². The van der Waals surface area contributed by atoms with Gasteiger partial charge in [0, 0.05) is 5.39 Å². The Morgan fingerprint density at radius 2 is 2.10 bits per heavy atom. The van der Waals surface area contributed by atoms with Crippen molar-refractivity contribution in [2.24, 2.45) is 17.1 Å². The molecule has 1 fully saturated rings. The van der Waals surface area contributed by atoms with Gasteiger partial charge in [-0.15, -0.1) is 0 Å². The number of furan rings is 1. The van der Waals surface area contributed by atoms with Gasteiger partial charge >= 0.3 is 0 Å². The average molecular weight is 275 g/mol. The molecule has 2 N–H and O–H groups in total. The molecule has 3 rings (SSSR count). The molecule has 1 aromatic heterocycles. The molecule has 0 bridgehead atoms. The number of hydrogen-bond acceptors (Lipinski definition) is 2. The van der Waals surface area contributed by atoms with Crippen molar-refractivity contribution in [3.63, 3.8) is 0 Å². The summed E-state index contributed by atoms with van der Waals surface area (Å²) in [4.78, 5) is 0. The molecule has 1 saturated carbocycles. The van der Waals surface area contributed by atoms with Gasteiger partial charge in [0.2, 0.25) is 0 Å². The molecule has 1 aliphatic rings. The molecule has 0 spiro atoms. The van der Waals surface area contributed by atoms with Crippen molar-refractivity contribution in [1.82, 2.24) is 0 Å². The van der Waals surface area contributed by atoms with E-state index in [-0.39, 0.29) is 17.3 Å². The average Bonchev–Trinajstić information content (AvgIpc) is 2.80. The number of halogens is 1. The van der Waals surface area contributed by atoms with Gasteiger partial charge in [-0.1, -0.05) is 26.7 Å². The summed E-state index contributed by atoms with van der Waals surface area (Å²) in [7, 11) is 0. The zero-order valence-corrected chi connectivity index (χ0v) is 12.2. The summed E-state index contributed by atoms with van der Waals surface area (Å²) >= 11 is 0. The van der Waals surface area contributed by atoms with Gasteiger partial charge in [0.25, 0.3) is 0 Å². The molecular weight excluding hydrogens is 253 g/mol. The Morgan fingerprint density at radius 3 is 2.85 bits per heavy atom. The van der Waals surface area contributed by atoms with Crippen LogP contribution in [0.4, 0.5) is 4.39 Å².